The quantitative estimate of drug-likeness (QED) is 0.852. The van der Waals surface area contributed by atoms with Crippen LogP contribution in [0.2, 0.25) is 5.02 Å². The predicted molar refractivity (Wildman–Crippen MR) is 84.2 cm³/mol. The fourth-order valence-electron chi connectivity index (χ4n) is 1.73. The van der Waals surface area contributed by atoms with Gasteiger partial charge in [-0.2, -0.15) is 0 Å². The van der Waals surface area contributed by atoms with Crippen LogP contribution in [0, 0.1) is 6.92 Å². The molecule has 1 heterocycles. The Morgan fingerprint density at radius 2 is 1.86 bits per heavy atom. The van der Waals surface area contributed by atoms with E-state index in [1.165, 1.54) is 13.2 Å². The van der Waals surface area contributed by atoms with E-state index < -0.39 is 11.8 Å². The molecule has 1 aromatic carbocycles. The first-order valence-electron chi connectivity index (χ1n) is 6.38. The van der Waals surface area contributed by atoms with Gasteiger partial charge in [-0.05, 0) is 42.8 Å². The van der Waals surface area contributed by atoms with E-state index in [-0.39, 0.29) is 0 Å². The number of methoxy groups -OCH3 is 1. The molecule has 6 nitrogen and oxygen atoms in total. The third-order valence-corrected chi connectivity index (χ3v) is 3.01. The maximum Gasteiger partial charge on any atom is 0.315 e. The van der Waals surface area contributed by atoms with Gasteiger partial charge in [0, 0.05) is 11.2 Å². The van der Waals surface area contributed by atoms with Crippen LogP contribution in [0.3, 0.4) is 0 Å². The number of benzene rings is 1. The summed E-state index contributed by atoms with van der Waals surface area (Å²) in [5.74, 6) is -0.971. The average molecular weight is 320 g/mol. The van der Waals surface area contributed by atoms with Crippen molar-refractivity contribution in [3.8, 4) is 5.75 Å². The Morgan fingerprint density at radius 3 is 2.55 bits per heavy atom. The van der Waals surface area contributed by atoms with Crippen molar-refractivity contribution in [1.82, 2.24) is 4.98 Å². The highest BCUT2D eigenvalue weighted by Crippen LogP contribution is 2.27. The largest absolute Gasteiger partial charge is 0.495 e. The monoisotopic (exact) mass is 319 g/mol. The molecule has 0 atom stereocenters. The second-order valence-electron chi connectivity index (χ2n) is 4.47. The van der Waals surface area contributed by atoms with E-state index in [1.807, 2.05) is 6.92 Å². The minimum Gasteiger partial charge on any atom is -0.495 e. The van der Waals surface area contributed by atoms with E-state index in [0.717, 1.165) is 5.56 Å². The average Bonchev–Trinajstić information content (AvgIpc) is 2.47. The van der Waals surface area contributed by atoms with Gasteiger partial charge in [0.05, 0.1) is 12.8 Å². The molecule has 0 spiro atoms. The Morgan fingerprint density at radius 1 is 1.14 bits per heavy atom. The first-order chi connectivity index (χ1) is 10.5. The normalized spacial score (nSPS) is 9.95. The summed E-state index contributed by atoms with van der Waals surface area (Å²) in [6, 6.07) is 8.15. The van der Waals surface area contributed by atoms with Crippen molar-refractivity contribution >= 4 is 34.9 Å². The van der Waals surface area contributed by atoms with Gasteiger partial charge in [-0.25, -0.2) is 4.98 Å². The van der Waals surface area contributed by atoms with Crippen molar-refractivity contribution in [2.75, 3.05) is 17.7 Å². The fraction of sp³-hybridized carbons (Fsp3) is 0.133. The maximum absolute atomic E-state index is 11.9. The summed E-state index contributed by atoms with van der Waals surface area (Å²) in [6.45, 7) is 1.86. The molecule has 7 heteroatoms. The lowest BCUT2D eigenvalue weighted by molar-refractivity contribution is -0.133. The molecular formula is C15H14ClN3O3. The number of carbonyl (C=O) groups is 2. The van der Waals surface area contributed by atoms with Crippen molar-refractivity contribution in [3.63, 3.8) is 0 Å². The lowest BCUT2D eigenvalue weighted by atomic mass is 10.3. The number of amides is 2. The van der Waals surface area contributed by atoms with Gasteiger partial charge >= 0.3 is 11.8 Å². The molecule has 0 unspecified atom stereocenters. The Balaban J connectivity index is 2.09. The van der Waals surface area contributed by atoms with E-state index in [2.05, 4.69) is 15.6 Å². The minimum absolute atomic E-state index is 0.304. The van der Waals surface area contributed by atoms with Gasteiger partial charge in [-0.1, -0.05) is 11.6 Å². The Bertz CT molecular complexity index is 719. The summed E-state index contributed by atoms with van der Waals surface area (Å²) in [7, 11) is 1.45. The van der Waals surface area contributed by atoms with Crippen LogP contribution in [0.1, 0.15) is 5.56 Å². The number of aryl methyl sites for hydroxylation is 1. The molecule has 2 rings (SSSR count). The van der Waals surface area contributed by atoms with Crippen molar-refractivity contribution in [2.24, 2.45) is 0 Å². The molecule has 114 valence electrons. The number of ether oxygens (including phenoxy) is 1. The van der Waals surface area contributed by atoms with Crippen molar-refractivity contribution < 1.29 is 14.3 Å². The number of nitrogens with zero attached hydrogens (tertiary/aromatic N) is 1. The zero-order valence-corrected chi connectivity index (χ0v) is 12.8. The zero-order valence-electron chi connectivity index (χ0n) is 12.0. The molecule has 1 aromatic heterocycles. The number of hydrogen-bond donors (Lipinski definition) is 2. The molecule has 0 aliphatic rings. The van der Waals surface area contributed by atoms with Crippen LogP contribution in [0.15, 0.2) is 36.5 Å². The smallest absolute Gasteiger partial charge is 0.315 e. The van der Waals surface area contributed by atoms with Crippen LogP contribution in [-0.2, 0) is 9.59 Å². The van der Waals surface area contributed by atoms with Gasteiger partial charge < -0.3 is 15.4 Å². The number of anilines is 2. The number of halogens is 1. The third kappa shape index (κ3) is 3.95. The number of rotatable bonds is 3. The summed E-state index contributed by atoms with van der Waals surface area (Å²) in [5.41, 5.74) is 1.23. The van der Waals surface area contributed by atoms with E-state index in [4.69, 9.17) is 16.3 Å². The van der Waals surface area contributed by atoms with E-state index in [1.54, 1.807) is 30.5 Å². The second-order valence-corrected chi connectivity index (χ2v) is 4.91. The Hall–Kier alpha value is -2.60. The summed E-state index contributed by atoms with van der Waals surface area (Å²) in [6.07, 6.45) is 1.54. The van der Waals surface area contributed by atoms with E-state index >= 15 is 0 Å². The van der Waals surface area contributed by atoms with Crippen LogP contribution in [0.4, 0.5) is 11.5 Å². The first kappa shape index (κ1) is 15.8. The predicted octanol–water partition coefficient (Wildman–Crippen LogP) is 2.63. The molecule has 2 amide bonds. The van der Waals surface area contributed by atoms with Crippen LogP contribution in [0.25, 0.3) is 0 Å². The number of pyridine rings is 1. The minimum atomic E-state index is -0.844. The summed E-state index contributed by atoms with van der Waals surface area (Å²) in [5, 5.41) is 5.28. The highest BCUT2D eigenvalue weighted by molar-refractivity contribution is 6.43. The number of hydrogen-bond acceptors (Lipinski definition) is 4. The summed E-state index contributed by atoms with van der Waals surface area (Å²) >= 11 is 5.87. The SMILES string of the molecule is COc1ccc(Cl)cc1NC(=O)C(=O)Nc1cc(C)ccn1. The van der Waals surface area contributed by atoms with Crippen LogP contribution >= 0.6 is 11.6 Å². The fourth-order valence-corrected chi connectivity index (χ4v) is 1.91. The third-order valence-electron chi connectivity index (χ3n) is 2.77. The van der Waals surface area contributed by atoms with E-state index in [0.29, 0.717) is 22.3 Å². The van der Waals surface area contributed by atoms with Gasteiger partial charge in [-0.15, -0.1) is 0 Å². The van der Waals surface area contributed by atoms with E-state index in [9.17, 15) is 9.59 Å². The highest BCUT2D eigenvalue weighted by Gasteiger charge is 2.16. The molecule has 0 bridgehead atoms. The summed E-state index contributed by atoms with van der Waals surface area (Å²) < 4.78 is 5.10. The van der Waals surface area contributed by atoms with Crippen LogP contribution in [-0.4, -0.2) is 23.9 Å². The molecule has 0 saturated heterocycles. The summed E-state index contributed by atoms with van der Waals surface area (Å²) in [4.78, 5) is 27.8. The lowest BCUT2D eigenvalue weighted by Gasteiger charge is -2.10. The number of aromatic nitrogens is 1. The molecule has 2 aromatic rings. The van der Waals surface area contributed by atoms with Crippen molar-refractivity contribution in [3.05, 3.63) is 47.1 Å². The van der Waals surface area contributed by atoms with Crippen LogP contribution in [0.5, 0.6) is 5.75 Å². The zero-order chi connectivity index (χ0) is 16.1. The molecule has 0 saturated carbocycles. The van der Waals surface area contributed by atoms with Gasteiger partial charge in [-0.3, -0.25) is 9.59 Å². The van der Waals surface area contributed by atoms with Gasteiger partial charge in [0.25, 0.3) is 0 Å². The van der Waals surface area contributed by atoms with Crippen LogP contribution < -0.4 is 15.4 Å². The van der Waals surface area contributed by atoms with Gasteiger partial charge in [0.1, 0.15) is 11.6 Å². The second kappa shape index (κ2) is 6.91. The maximum atomic E-state index is 11.9. The number of carbonyl (C=O) groups excluding carboxylic acids is 2. The lowest BCUT2D eigenvalue weighted by Crippen LogP contribution is -2.29. The Kier molecular flexibility index (Phi) is 4.95. The number of nitrogens with one attached hydrogen (secondary N) is 2. The van der Waals surface area contributed by atoms with Crippen molar-refractivity contribution in [1.29, 1.82) is 0 Å². The highest BCUT2D eigenvalue weighted by atomic mass is 35.5. The first-order valence-corrected chi connectivity index (χ1v) is 6.76. The van der Waals surface area contributed by atoms with Gasteiger partial charge in [0.2, 0.25) is 0 Å². The molecular weight excluding hydrogens is 306 g/mol. The molecule has 0 radical (unpaired) electrons. The molecule has 0 aliphatic heterocycles. The van der Waals surface area contributed by atoms with Crippen molar-refractivity contribution in [2.45, 2.75) is 6.92 Å². The molecule has 0 aliphatic carbocycles. The molecule has 2 N–H and O–H groups in total. The molecule has 0 fully saturated rings. The topological polar surface area (TPSA) is 80.3 Å². The molecule has 22 heavy (non-hydrogen) atoms. The Labute approximate surface area is 132 Å². The standard InChI is InChI=1S/C15H14ClN3O3/c1-9-5-6-17-13(7-9)19-15(21)14(20)18-11-8-10(16)3-4-12(11)22-2/h3-8H,1-2H3,(H,18,20)(H,17,19,21). The van der Waals surface area contributed by atoms with Gasteiger partial charge in [0.15, 0.2) is 0 Å².